The van der Waals surface area contributed by atoms with E-state index in [4.69, 9.17) is 0 Å². The van der Waals surface area contributed by atoms with Gasteiger partial charge < -0.3 is 15.7 Å². The minimum absolute atomic E-state index is 0.122. The van der Waals surface area contributed by atoms with Gasteiger partial charge in [-0.15, -0.1) is 0 Å². The van der Waals surface area contributed by atoms with Gasteiger partial charge in [-0.05, 0) is 41.8 Å². The average Bonchev–Trinajstić information content (AvgIpc) is 3.30. The van der Waals surface area contributed by atoms with E-state index >= 15 is 0 Å². The van der Waals surface area contributed by atoms with Crippen molar-refractivity contribution < 1.29 is 9.90 Å². The Morgan fingerprint density at radius 3 is 2.35 bits per heavy atom. The van der Waals surface area contributed by atoms with Crippen LogP contribution in [-0.2, 0) is 24.2 Å². The topological polar surface area (TPSA) is 92.1 Å². The predicted molar refractivity (Wildman–Crippen MR) is 132 cm³/mol. The maximum atomic E-state index is 12.4. The Hall–Kier alpha value is -3.81. The molecule has 7 heteroatoms. The molecule has 0 saturated carbocycles. The number of amides is 1. The first-order valence-corrected chi connectivity index (χ1v) is 11.4. The summed E-state index contributed by atoms with van der Waals surface area (Å²) in [6.07, 6.45) is 2.09. The molecule has 4 rings (SSSR count). The Bertz CT molecular complexity index is 1160. The van der Waals surface area contributed by atoms with E-state index in [1.54, 1.807) is 11.0 Å². The standard InChI is InChI=1S/C27H29N5O2/c33-25(23-9-5-2-6-10-23)18-28-16-15-21-11-13-24(14-12-21)30-27(34)17-26-29-20-32(31-26)19-22-7-3-1-4-8-22/h1-14,20,25,28,33H,15-19H2,(H,30,34). The van der Waals surface area contributed by atoms with E-state index < -0.39 is 6.10 Å². The van der Waals surface area contributed by atoms with Crippen LogP contribution in [0.4, 0.5) is 5.69 Å². The highest BCUT2D eigenvalue weighted by atomic mass is 16.3. The van der Waals surface area contributed by atoms with E-state index in [0.717, 1.165) is 35.3 Å². The van der Waals surface area contributed by atoms with Gasteiger partial charge in [0.15, 0.2) is 5.82 Å². The third-order valence-electron chi connectivity index (χ3n) is 5.44. The van der Waals surface area contributed by atoms with Crippen molar-refractivity contribution >= 4 is 11.6 Å². The minimum Gasteiger partial charge on any atom is -0.387 e. The Balaban J connectivity index is 1.18. The van der Waals surface area contributed by atoms with Crippen molar-refractivity contribution in [2.24, 2.45) is 0 Å². The van der Waals surface area contributed by atoms with Gasteiger partial charge in [0.1, 0.15) is 6.33 Å². The van der Waals surface area contributed by atoms with Crippen molar-refractivity contribution in [3.05, 3.63) is 114 Å². The largest absolute Gasteiger partial charge is 0.387 e. The molecule has 4 aromatic rings. The van der Waals surface area contributed by atoms with Crippen molar-refractivity contribution in [2.75, 3.05) is 18.4 Å². The number of rotatable bonds is 11. The molecule has 0 saturated heterocycles. The molecule has 1 aromatic heterocycles. The molecule has 1 atom stereocenters. The number of aromatic nitrogens is 3. The van der Waals surface area contributed by atoms with Crippen LogP contribution < -0.4 is 10.6 Å². The van der Waals surface area contributed by atoms with Crippen LogP contribution in [0.15, 0.2) is 91.3 Å². The maximum absolute atomic E-state index is 12.4. The van der Waals surface area contributed by atoms with Crippen LogP contribution in [0.1, 0.15) is 28.6 Å². The molecule has 174 valence electrons. The van der Waals surface area contributed by atoms with E-state index in [0.29, 0.717) is 18.9 Å². The van der Waals surface area contributed by atoms with Gasteiger partial charge >= 0.3 is 0 Å². The summed E-state index contributed by atoms with van der Waals surface area (Å²) in [6, 6.07) is 27.4. The van der Waals surface area contributed by atoms with Crippen molar-refractivity contribution in [1.29, 1.82) is 0 Å². The summed E-state index contributed by atoms with van der Waals surface area (Å²) in [5, 5.41) is 20.8. The molecule has 0 bridgehead atoms. The normalized spacial score (nSPS) is 11.8. The van der Waals surface area contributed by atoms with Crippen molar-refractivity contribution in [3.63, 3.8) is 0 Å². The molecule has 7 nitrogen and oxygen atoms in total. The van der Waals surface area contributed by atoms with Gasteiger partial charge in [-0.1, -0.05) is 72.8 Å². The summed E-state index contributed by atoms with van der Waals surface area (Å²) in [7, 11) is 0. The predicted octanol–water partition coefficient (Wildman–Crippen LogP) is 3.37. The van der Waals surface area contributed by atoms with Gasteiger partial charge in [-0.25, -0.2) is 9.67 Å². The quantitative estimate of drug-likeness (QED) is 0.302. The van der Waals surface area contributed by atoms with Crippen LogP contribution in [-0.4, -0.2) is 38.9 Å². The highest BCUT2D eigenvalue weighted by molar-refractivity contribution is 5.91. The molecule has 0 aliphatic rings. The number of carbonyl (C=O) groups excluding carboxylic acids is 1. The zero-order chi connectivity index (χ0) is 23.6. The van der Waals surface area contributed by atoms with Crippen LogP contribution in [0.5, 0.6) is 0 Å². The molecule has 0 aliphatic carbocycles. The van der Waals surface area contributed by atoms with Crippen LogP contribution in [0, 0.1) is 0 Å². The van der Waals surface area contributed by atoms with Gasteiger partial charge in [0.2, 0.25) is 5.91 Å². The fourth-order valence-corrected chi connectivity index (χ4v) is 3.63. The fourth-order valence-electron chi connectivity index (χ4n) is 3.63. The number of hydrogen-bond acceptors (Lipinski definition) is 5. The minimum atomic E-state index is -0.516. The summed E-state index contributed by atoms with van der Waals surface area (Å²) in [5.74, 6) is 0.343. The average molecular weight is 456 g/mol. The van der Waals surface area contributed by atoms with Crippen LogP contribution in [0.3, 0.4) is 0 Å². The summed E-state index contributed by atoms with van der Waals surface area (Å²) >= 11 is 0. The van der Waals surface area contributed by atoms with E-state index in [-0.39, 0.29) is 12.3 Å². The molecular weight excluding hydrogens is 426 g/mol. The summed E-state index contributed by atoms with van der Waals surface area (Å²) in [5.41, 5.74) is 3.94. The monoisotopic (exact) mass is 455 g/mol. The number of anilines is 1. The Morgan fingerprint density at radius 2 is 1.62 bits per heavy atom. The molecule has 34 heavy (non-hydrogen) atoms. The van der Waals surface area contributed by atoms with Gasteiger partial charge in [0.05, 0.1) is 19.1 Å². The number of carbonyl (C=O) groups is 1. The molecular formula is C27H29N5O2. The molecule has 3 aromatic carbocycles. The number of benzene rings is 3. The summed E-state index contributed by atoms with van der Waals surface area (Å²) in [6.45, 7) is 1.89. The molecule has 0 fully saturated rings. The van der Waals surface area contributed by atoms with Gasteiger partial charge in [0.25, 0.3) is 0 Å². The molecule has 0 radical (unpaired) electrons. The van der Waals surface area contributed by atoms with Crippen molar-refractivity contribution in [2.45, 2.75) is 25.5 Å². The highest BCUT2D eigenvalue weighted by Crippen LogP contribution is 2.12. The lowest BCUT2D eigenvalue weighted by molar-refractivity contribution is -0.115. The molecule has 1 amide bonds. The second-order valence-corrected chi connectivity index (χ2v) is 8.15. The van der Waals surface area contributed by atoms with Gasteiger partial charge in [-0.2, -0.15) is 5.10 Å². The number of nitrogens with one attached hydrogen (secondary N) is 2. The van der Waals surface area contributed by atoms with Crippen molar-refractivity contribution in [3.8, 4) is 0 Å². The summed E-state index contributed by atoms with van der Waals surface area (Å²) in [4.78, 5) is 16.6. The van der Waals surface area contributed by atoms with E-state index in [9.17, 15) is 9.90 Å². The highest BCUT2D eigenvalue weighted by Gasteiger charge is 2.09. The number of nitrogens with zero attached hydrogens (tertiary/aromatic N) is 3. The fraction of sp³-hybridized carbons (Fsp3) is 0.222. The third kappa shape index (κ3) is 7.10. The molecule has 1 heterocycles. The van der Waals surface area contributed by atoms with Gasteiger partial charge in [-0.3, -0.25) is 4.79 Å². The second kappa shape index (κ2) is 11.9. The Labute approximate surface area is 199 Å². The Kier molecular flexibility index (Phi) is 8.16. The molecule has 0 spiro atoms. The number of aliphatic hydroxyl groups excluding tert-OH is 1. The Morgan fingerprint density at radius 1 is 0.912 bits per heavy atom. The van der Waals surface area contributed by atoms with Gasteiger partial charge in [0, 0.05) is 12.2 Å². The smallest absolute Gasteiger partial charge is 0.232 e. The third-order valence-corrected chi connectivity index (χ3v) is 5.44. The lowest BCUT2D eigenvalue weighted by Crippen LogP contribution is -2.23. The van der Waals surface area contributed by atoms with Crippen LogP contribution in [0.25, 0.3) is 0 Å². The SMILES string of the molecule is O=C(Cc1ncn(Cc2ccccc2)n1)Nc1ccc(CCNCC(O)c2ccccc2)cc1. The lowest BCUT2D eigenvalue weighted by Gasteiger charge is -2.12. The molecule has 0 aliphatic heterocycles. The zero-order valence-electron chi connectivity index (χ0n) is 19.0. The molecule has 3 N–H and O–H groups in total. The van der Waals surface area contributed by atoms with E-state index in [1.807, 2.05) is 84.9 Å². The van der Waals surface area contributed by atoms with Crippen LogP contribution in [0.2, 0.25) is 0 Å². The number of hydrogen-bond donors (Lipinski definition) is 3. The first kappa shape index (κ1) is 23.4. The van der Waals surface area contributed by atoms with E-state index in [1.165, 1.54) is 0 Å². The lowest BCUT2D eigenvalue weighted by atomic mass is 10.1. The summed E-state index contributed by atoms with van der Waals surface area (Å²) < 4.78 is 1.74. The first-order chi connectivity index (χ1) is 16.7. The first-order valence-electron chi connectivity index (χ1n) is 11.4. The van der Waals surface area contributed by atoms with Crippen LogP contribution >= 0.6 is 0 Å². The van der Waals surface area contributed by atoms with Crippen molar-refractivity contribution in [1.82, 2.24) is 20.1 Å². The second-order valence-electron chi connectivity index (χ2n) is 8.15. The zero-order valence-corrected chi connectivity index (χ0v) is 19.0. The number of aliphatic hydroxyl groups is 1. The molecule has 1 unspecified atom stereocenters. The maximum Gasteiger partial charge on any atom is 0.232 e. The van der Waals surface area contributed by atoms with E-state index in [2.05, 4.69) is 20.7 Å².